The normalized spacial score (nSPS) is 14.9. The third kappa shape index (κ3) is 5.04. The standard InChI is InChI=1S/C23H28N2O2S/c1-3-17-27-21-13-9-19(10-14-21)24-22(28)25-23(15-5-6-16-23)18-7-11-20(12-8-18)26-4-2/h3,7-14H,1,4-6,15-17H2,2H3,(H2,24,25,28). The maximum atomic E-state index is 5.62. The third-order valence-corrected chi connectivity index (χ3v) is 5.21. The molecule has 2 aromatic rings. The molecular weight excluding hydrogens is 368 g/mol. The van der Waals surface area contributed by atoms with Crippen LogP contribution in [0.1, 0.15) is 38.2 Å². The lowest BCUT2D eigenvalue weighted by Gasteiger charge is -2.32. The summed E-state index contributed by atoms with van der Waals surface area (Å²) in [7, 11) is 0. The van der Waals surface area contributed by atoms with Crippen LogP contribution < -0.4 is 20.1 Å². The maximum Gasteiger partial charge on any atom is 0.171 e. The Bertz CT molecular complexity index is 781. The summed E-state index contributed by atoms with van der Waals surface area (Å²) in [5.74, 6) is 1.71. The molecular formula is C23H28N2O2S. The number of benzene rings is 2. The summed E-state index contributed by atoms with van der Waals surface area (Å²) in [6.45, 7) is 6.83. The number of hydrogen-bond donors (Lipinski definition) is 2. The van der Waals surface area contributed by atoms with Crippen LogP contribution in [-0.2, 0) is 5.54 Å². The Balaban J connectivity index is 1.66. The molecule has 1 saturated carbocycles. The van der Waals surface area contributed by atoms with Gasteiger partial charge in [-0.1, -0.05) is 37.6 Å². The number of ether oxygens (including phenoxy) is 2. The fourth-order valence-electron chi connectivity index (χ4n) is 3.67. The zero-order chi connectivity index (χ0) is 19.8. The van der Waals surface area contributed by atoms with E-state index in [0.29, 0.717) is 18.3 Å². The highest BCUT2D eigenvalue weighted by molar-refractivity contribution is 7.80. The van der Waals surface area contributed by atoms with Crippen molar-refractivity contribution in [3.05, 3.63) is 66.7 Å². The molecule has 0 aliphatic heterocycles. The van der Waals surface area contributed by atoms with Gasteiger partial charge < -0.3 is 20.1 Å². The van der Waals surface area contributed by atoms with E-state index in [4.69, 9.17) is 21.7 Å². The smallest absolute Gasteiger partial charge is 0.171 e. The molecule has 4 nitrogen and oxygen atoms in total. The largest absolute Gasteiger partial charge is 0.494 e. The summed E-state index contributed by atoms with van der Waals surface area (Å²) in [4.78, 5) is 0. The second kappa shape index (κ2) is 9.60. The van der Waals surface area contributed by atoms with Gasteiger partial charge in [0.15, 0.2) is 5.11 Å². The molecule has 0 spiro atoms. The predicted octanol–water partition coefficient (Wildman–Crippen LogP) is 5.41. The van der Waals surface area contributed by atoms with Crippen LogP contribution in [0.5, 0.6) is 11.5 Å². The van der Waals surface area contributed by atoms with Gasteiger partial charge in [0.2, 0.25) is 0 Å². The molecule has 0 amide bonds. The zero-order valence-electron chi connectivity index (χ0n) is 16.4. The second-order valence-electron chi connectivity index (χ2n) is 6.95. The Labute approximate surface area is 172 Å². The van der Waals surface area contributed by atoms with E-state index in [0.717, 1.165) is 30.0 Å². The molecule has 1 aliphatic rings. The van der Waals surface area contributed by atoms with Crippen molar-refractivity contribution < 1.29 is 9.47 Å². The van der Waals surface area contributed by atoms with Gasteiger partial charge in [-0.15, -0.1) is 0 Å². The molecule has 0 saturated heterocycles. The molecule has 0 bridgehead atoms. The van der Waals surface area contributed by atoms with Crippen molar-refractivity contribution in [2.75, 3.05) is 18.5 Å². The summed E-state index contributed by atoms with van der Waals surface area (Å²) in [6.07, 6.45) is 6.25. The van der Waals surface area contributed by atoms with E-state index in [2.05, 4.69) is 29.3 Å². The highest BCUT2D eigenvalue weighted by atomic mass is 32.1. The molecule has 2 aromatic carbocycles. The van der Waals surface area contributed by atoms with Crippen molar-refractivity contribution >= 4 is 23.0 Å². The van der Waals surface area contributed by atoms with Crippen molar-refractivity contribution in [3.63, 3.8) is 0 Å². The predicted molar refractivity (Wildman–Crippen MR) is 119 cm³/mol. The lowest BCUT2D eigenvalue weighted by Crippen LogP contribution is -2.45. The molecule has 5 heteroatoms. The minimum Gasteiger partial charge on any atom is -0.494 e. The van der Waals surface area contributed by atoms with Crippen molar-refractivity contribution in [3.8, 4) is 11.5 Å². The van der Waals surface area contributed by atoms with Gasteiger partial charge in [0.05, 0.1) is 12.1 Å². The van der Waals surface area contributed by atoms with E-state index in [1.807, 2.05) is 43.3 Å². The lowest BCUT2D eigenvalue weighted by atomic mass is 9.88. The minimum absolute atomic E-state index is 0.123. The summed E-state index contributed by atoms with van der Waals surface area (Å²) in [6, 6.07) is 16.2. The van der Waals surface area contributed by atoms with E-state index in [9.17, 15) is 0 Å². The van der Waals surface area contributed by atoms with Crippen molar-refractivity contribution in [1.82, 2.24) is 5.32 Å². The average Bonchev–Trinajstić information content (AvgIpc) is 3.17. The number of thiocarbonyl (C=S) groups is 1. The average molecular weight is 397 g/mol. The Morgan fingerprint density at radius 3 is 2.25 bits per heavy atom. The second-order valence-corrected chi connectivity index (χ2v) is 7.36. The fraction of sp³-hybridized carbons (Fsp3) is 0.348. The van der Waals surface area contributed by atoms with Crippen LogP contribution in [0.25, 0.3) is 0 Å². The molecule has 148 valence electrons. The first-order chi connectivity index (χ1) is 13.6. The molecule has 2 N–H and O–H groups in total. The van der Waals surface area contributed by atoms with Gasteiger partial charge in [-0.3, -0.25) is 0 Å². The highest BCUT2D eigenvalue weighted by Gasteiger charge is 2.36. The molecule has 0 radical (unpaired) electrons. The molecule has 0 aromatic heterocycles. The zero-order valence-corrected chi connectivity index (χ0v) is 17.2. The van der Waals surface area contributed by atoms with Crippen LogP contribution in [0.2, 0.25) is 0 Å². The van der Waals surface area contributed by atoms with E-state index < -0.39 is 0 Å². The van der Waals surface area contributed by atoms with E-state index in [1.165, 1.54) is 18.4 Å². The Morgan fingerprint density at radius 1 is 1.04 bits per heavy atom. The van der Waals surface area contributed by atoms with Crippen molar-refractivity contribution in [1.29, 1.82) is 0 Å². The number of rotatable bonds is 8. The molecule has 0 unspecified atom stereocenters. The highest BCUT2D eigenvalue weighted by Crippen LogP contribution is 2.39. The summed E-state index contributed by atoms with van der Waals surface area (Å²) in [5, 5.41) is 7.53. The SMILES string of the molecule is C=CCOc1ccc(NC(=S)NC2(c3ccc(OCC)cc3)CCCC2)cc1. The monoisotopic (exact) mass is 396 g/mol. The number of nitrogens with one attached hydrogen (secondary N) is 2. The Kier molecular flexibility index (Phi) is 6.93. The summed E-state index contributed by atoms with van der Waals surface area (Å²) >= 11 is 5.62. The van der Waals surface area contributed by atoms with Gasteiger partial charge in [-0.05, 0) is 73.9 Å². The van der Waals surface area contributed by atoms with Crippen molar-refractivity contribution in [2.45, 2.75) is 38.1 Å². The number of anilines is 1. The van der Waals surface area contributed by atoms with E-state index >= 15 is 0 Å². The van der Waals surface area contributed by atoms with Gasteiger partial charge in [-0.25, -0.2) is 0 Å². The van der Waals surface area contributed by atoms with Gasteiger partial charge in [0.25, 0.3) is 0 Å². The topological polar surface area (TPSA) is 42.5 Å². The van der Waals surface area contributed by atoms with Crippen LogP contribution in [0, 0.1) is 0 Å². The molecule has 0 heterocycles. The van der Waals surface area contributed by atoms with Crippen LogP contribution >= 0.6 is 12.2 Å². The van der Waals surface area contributed by atoms with Crippen LogP contribution in [-0.4, -0.2) is 18.3 Å². The summed E-state index contributed by atoms with van der Waals surface area (Å²) in [5.41, 5.74) is 2.07. The first-order valence-electron chi connectivity index (χ1n) is 9.81. The molecule has 0 atom stereocenters. The molecule has 1 fully saturated rings. The molecule has 1 aliphatic carbocycles. The lowest BCUT2D eigenvalue weighted by molar-refractivity contribution is 0.339. The number of hydrogen-bond acceptors (Lipinski definition) is 3. The van der Waals surface area contributed by atoms with Crippen LogP contribution in [0.4, 0.5) is 5.69 Å². The first-order valence-corrected chi connectivity index (χ1v) is 10.2. The van der Waals surface area contributed by atoms with Gasteiger partial charge in [0.1, 0.15) is 18.1 Å². The molecule has 3 rings (SSSR count). The van der Waals surface area contributed by atoms with Crippen LogP contribution in [0.15, 0.2) is 61.2 Å². The van der Waals surface area contributed by atoms with Crippen LogP contribution in [0.3, 0.4) is 0 Å². The van der Waals surface area contributed by atoms with Gasteiger partial charge >= 0.3 is 0 Å². The fourth-order valence-corrected chi connectivity index (χ4v) is 3.98. The Morgan fingerprint density at radius 2 is 1.64 bits per heavy atom. The van der Waals surface area contributed by atoms with Crippen molar-refractivity contribution in [2.24, 2.45) is 0 Å². The molecule has 28 heavy (non-hydrogen) atoms. The van der Waals surface area contributed by atoms with E-state index in [1.54, 1.807) is 6.08 Å². The quantitative estimate of drug-likeness (QED) is 0.461. The first kappa shape index (κ1) is 20.2. The van der Waals surface area contributed by atoms with Gasteiger partial charge in [0, 0.05) is 5.69 Å². The summed E-state index contributed by atoms with van der Waals surface area (Å²) < 4.78 is 11.1. The van der Waals surface area contributed by atoms with Gasteiger partial charge in [-0.2, -0.15) is 0 Å². The Hall–Kier alpha value is -2.53. The van der Waals surface area contributed by atoms with E-state index in [-0.39, 0.29) is 5.54 Å². The third-order valence-electron chi connectivity index (χ3n) is 5.01. The maximum absolute atomic E-state index is 5.62. The minimum atomic E-state index is -0.123.